The molecular weight excluding hydrogens is 204 g/mol. The molecule has 0 aliphatic heterocycles. The van der Waals surface area contributed by atoms with Crippen LogP contribution < -0.4 is 0 Å². The minimum atomic E-state index is -2.50. The fourth-order valence-electron chi connectivity index (χ4n) is 1.02. The lowest BCUT2D eigenvalue weighted by Crippen LogP contribution is -2.52. The highest BCUT2D eigenvalue weighted by molar-refractivity contribution is 7.82. The van der Waals surface area contributed by atoms with Crippen LogP contribution in [-0.4, -0.2) is 34.0 Å². The molecule has 0 saturated carbocycles. The van der Waals surface area contributed by atoms with Crippen LogP contribution in [0, 0.1) is 0 Å². The monoisotopic (exact) mass is 224 g/mol. The second kappa shape index (κ2) is 6.84. The van der Waals surface area contributed by atoms with Crippen LogP contribution in [-0.2, 0) is 13.3 Å². The summed E-state index contributed by atoms with van der Waals surface area (Å²) < 4.78 is 16.6. The zero-order valence-electron chi connectivity index (χ0n) is 8.87. The van der Waals surface area contributed by atoms with Crippen molar-refractivity contribution in [3.8, 4) is 0 Å². The van der Waals surface area contributed by atoms with E-state index >= 15 is 0 Å². The summed E-state index contributed by atoms with van der Waals surface area (Å²) in [6.07, 6.45) is 0.964. The zero-order valence-corrected chi connectivity index (χ0v) is 10.8. The molecule has 13 heavy (non-hydrogen) atoms. The molecule has 3 nitrogen and oxygen atoms in total. The quantitative estimate of drug-likeness (QED) is 0.529. The minimum absolute atomic E-state index is 0.0176. The van der Waals surface area contributed by atoms with Gasteiger partial charge in [0, 0.05) is 20.3 Å². The van der Waals surface area contributed by atoms with Gasteiger partial charge in [-0.3, -0.25) is 0 Å². The maximum Gasteiger partial charge on any atom is 0.513 e. The summed E-state index contributed by atoms with van der Waals surface area (Å²) in [5.41, 5.74) is 0. The molecule has 0 N–H and O–H groups in total. The highest BCUT2D eigenvalue weighted by Crippen LogP contribution is 2.18. The Labute approximate surface area is 87.5 Å². The highest BCUT2D eigenvalue weighted by atomic mass is 32.1. The van der Waals surface area contributed by atoms with Gasteiger partial charge in [-0.05, 0) is 20.3 Å². The summed E-state index contributed by atoms with van der Waals surface area (Å²) in [6, 6.07) is 0. The van der Waals surface area contributed by atoms with Gasteiger partial charge in [0.15, 0.2) is 0 Å². The van der Waals surface area contributed by atoms with E-state index in [0.29, 0.717) is 13.2 Å². The molecule has 80 valence electrons. The van der Waals surface area contributed by atoms with Crippen LogP contribution in [0.15, 0.2) is 0 Å². The van der Waals surface area contributed by atoms with Crippen LogP contribution in [0.4, 0.5) is 0 Å². The Morgan fingerprint density at radius 1 is 1.31 bits per heavy atom. The topological polar surface area (TPSA) is 27.7 Å². The average molecular weight is 224 g/mol. The molecule has 0 aromatic carbocycles. The fraction of sp³-hybridized carbons (Fsp3) is 1.00. The van der Waals surface area contributed by atoms with Crippen LogP contribution in [0.25, 0.3) is 0 Å². The van der Waals surface area contributed by atoms with Gasteiger partial charge in [-0.1, -0.05) is 6.92 Å². The van der Waals surface area contributed by atoms with Crippen LogP contribution in [0.2, 0.25) is 0 Å². The first kappa shape index (κ1) is 13.4. The molecule has 0 aliphatic rings. The standard InChI is InChI=1S/C8H20O3SSi/c1-5-7-11-13(9-4,8(3)12)10-6-2/h8,12H,5-7H2,1-4H3. The summed E-state index contributed by atoms with van der Waals surface area (Å²) in [5.74, 6) is 0. The summed E-state index contributed by atoms with van der Waals surface area (Å²) in [6.45, 7) is 7.22. The summed E-state index contributed by atoms with van der Waals surface area (Å²) >= 11 is 4.35. The number of rotatable bonds is 7. The van der Waals surface area contributed by atoms with Crippen LogP contribution >= 0.6 is 12.6 Å². The van der Waals surface area contributed by atoms with E-state index in [-0.39, 0.29) is 4.87 Å². The molecule has 0 amide bonds. The van der Waals surface area contributed by atoms with E-state index in [1.54, 1.807) is 7.11 Å². The Morgan fingerprint density at radius 3 is 2.23 bits per heavy atom. The van der Waals surface area contributed by atoms with Gasteiger partial charge in [0.05, 0.1) is 4.87 Å². The van der Waals surface area contributed by atoms with E-state index in [9.17, 15) is 0 Å². The largest absolute Gasteiger partial charge is 0.513 e. The molecule has 0 heterocycles. The lowest BCUT2D eigenvalue weighted by Gasteiger charge is -2.30. The SMILES string of the molecule is CCCO[Si](OC)(OCC)C(C)S. The van der Waals surface area contributed by atoms with Gasteiger partial charge in [-0.25, -0.2) is 0 Å². The van der Waals surface area contributed by atoms with Gasteiger partial charge in [0.25, 0.3) is 0 Å². The lowest BCUT2D eigenvalue weighted by atomic mass is 10.5. The van der Waals surface area contributed by atoms with Crippen molar-refractivity contribution in [2.75, 3.05) is 20.3 Å². The minimum Gasteiger partial charge on any atom is -0.376 e. The van der Waals surface area contributed by atoms with Gasteiger partial charge in [0.1, 0.15) is 0 Å². The first-order valence-corrected chi connectivity index (χ1v) is 6.95. The molecule has 0 saturated heterocycles. The molecular formula is C8H20O3SSi. The van der Waals surface area contributed by atoms with Crippen molar-refractivity contribution < 1.29 is 13.3 Å². The molecule has 0 bridgehead atoms. The van der Waals surface area contributed by atoms with E-state index in [4.69, 9.17) is 13.3 Å². The molecule has 2 unspecified atom stereocenters. The van der Waals surface area contributed by atoms with Crippen molar-refractivity contribution >= 4 is 21.4 Å². The zero-order chi connectivity index (χ0) is 10.3. The summed E-state index contributed by atoms with van der Waals surface area (Å²) in [5, 5.41) is 0. The molecule has 0 radical (unpaired) electrons. The van der Waals surface area contributed by atoms with Crippen molar-refractivity contribution in [3.05, 3.63) is 0 Å². The second-order valence-corrected chi connectivity index (χ2v) is 7.08. The van der Waals surface area contributed by atoms with E-state index in [0.717, 1.165) is 6.42 Å². The van der Waals surface area contributed by atoms with Crippen molar-refractivity contribution in [3.63, 3.8) is 0 Å². The Morgan fingerprint density at radius 2 is 1.92 bits per heavy atom. The van der Waals surface area contributed by atoms with Crippen molar-refractivity contribution in [1.29, 1.82) is 0 Å². The highest BCUT2D eigenvalue weighted by Gasteiger charge is 2.44. The van der Waals surface area contributed by atoms with E-state index in [2.05, 4.69) is 19.6 Å². The van der Waals surface area contributed by atoms with E-state index in [1.807, 2.05) is 13.8 Å². The molecule has 0 aromatic heterocycles. The fourth-order valence-corrected chi connectivity index (χ4v) is 3.81. The smallest absolute Gasteiger partial charge is 0.376 e. The lowest BCUT2D eigenvalue weighted by molar-refractivity contribution is 0.0815. The first-order valence-electron chi connectivity index (χ1n) is 4.64. The van der Waals surface area contributed by atoms with Crippen LogP contribution in [0.5, 0.6) is 0 Å². The Bertz CT molecular complexity index is 135. The third-order valence-electron chi connectivity index (χ3n) is 1.65. The van der Waals surface area contributed by atoms with Crippen molar-refractivity contribution in [2.24, 2.45) is 0 Å². The van der Waals surface area contributed by atoms with Crippen LogP contribution in [0.3, 0.4) is 0 Å². The van der Waals surface area contributed by atoms with E-state index < -0.39 is 8.80 Å². The van der Waals surface area contributed by atoms with Gasteiger partial charge >= 0.3 is 8.80 Å². The molecule has 0 aliphatic carbocycles. The molecule has 5 heteroatoms. The number of hydrogen-bond acceptors (Lipinski definition) is 4. The van der Waals surface area contributed by atoms with Gasteiger partial charge in [-0.2, -0.15) is 12.6 Å². The summed E-state index contributed by atoms with van der Waals surface area (Å²) in [7, 11) is -0.874. The second-order valence-electron chi connectivity index (χ2n) is 2.77. The van der Waals surface area contributed by atoms with Gasteiger partial charge in [-0.15, -0.1) is 0 Å². The third kappa shape index (κ3) is 3.99. The predicted octanol–water partition coefficient (Wildman–Crippen LogP) is 1.89. The van der Waals surface area contributed by atoms with E-state index in [1.165, 1.54) is 0 Å². The summed E-state index contributed by atoms with van der Waals surface area (Å²) in [4.78, 5) is 0.0176. The van der Waals surface area contributed by atoms with Crippen molar-refractivity contribution in [2.45, 2.75) is 32.1 Å². The number of hydrogen-bond donors (Lipinski definition) is 1. The normalized spacial score (nSPS) is 18.2. The maximum atomic E-state index is 5.65. The Kier molecular flexibility index (Phi) is 7.07. The maximum absolute atomic E-state index is 5.65. The van der Waals surface area contributed by atoms with Crippen molar-refractivity contribution in [1.82, 2.24) is 0 Å². The molecule has 0 spiro atoms. The average Bonchev–Trinajstić information content (AvgIpc) is 2.12. The molecule has 2 atom stereocenters. The molecule has 0 rings (SSSR count). The number of thiol groups is 1. The molecule has 0 aromatic rings. The molecule has 0 fully saturated rings. The predicted molar refractivity (Wildman–Crippen MR) is 59.1 cm³/mol. The third-order valence-corrected chi connectivity index (χ3v) is 5.49. The van der Waals surface area contributed by atoms with Crippen LogP contribution in [0.1, 0.15) is 27.2 Å². The van der Waals surface area contributed by atoms with Gasteiger partial charge < -0.3 is 13.3 Å². The van der Waals surface area contributed by atoms with Gasteiger partial charge in [0.2, 0.25) is 0 Å². The Balaban J connectivity index is 4.26. The first-order chi connectivity index (χ1) is 6.13. The Hall–Kier alpha value is 0.447.